The van der Waals surface area contributed by atoms with E-state index in [1.54, 1.807) is 11.0 Å². The molecule has 0 aromatic heterocycles. The second-order valence-electron chi connectivity index (χ2n) is 7.34. The van der Waals surface area contributed by atoms with E-state index in [1.165, 1.54) is 0 Å². The van der Waals surface area contributed by atoms with Crippen LogP contribution in [-0.4, -0.2) is 29.3 Å². The molecule has 0 heterocycles. The number of hydrogen-bond donors (Lipinski definition) is 1. The zero-order valence-corrected chi connectivity index (χ0v) is 18.3. The summed E-state index contributed by atoms with van der Waals surface area (Å²) in [5.74, 6) is -0.197. The highest BCUT2D eigenvalue weighted by Gasteiger charge is 2.28. The predicted octanol–water partition coefficient (Wildman–Crippen LogP) is 4.91. The molecule has 156 valence electrons. The van der Waals surface area contributed by atoms with Gasteiger partial charge in [-0.25, -0.2) is 0 Å². The lowest BCUT2D eigenvalue weighted by atomic mass is 10.1. The van der Waals surface area contributed by atoms with Crippen molar-refractivity contribution in [3.05, 3.63) is 70.2 Å². The van der Waals surface area contributed by atoms with Gasteiger partial charge < -0.3 is 10.2 Å². The molecule has 1 N–H and O–H groups in total. The molecule has 0 saturated heterocycles. The number of benzene rings is 2. The van der Waals surface area contributed by atoms with E-state index in [2.05, 4.69) is 12.2 Å². The Hall–Kier alpha value is -2.33. The van der Waals surface area contributed by atoms with Crippen molar-refractivity contribution < 1.29 is 9.59 Å². The van der Waals surface area contributed by atoms with Gasteiger partial charge >= 0.3 is 0 Å². The third-order valence-electron chi connectivity index (χ3n) is 4.99. The molecule has 5 heteroatoms. The van der Waals surface area contributed by atoms with Crippen molar-refractivity contribution in [3.63, 3.8) is 0 Å². The molecule has 2 rings (SSSR count). The Morgan fingerprint density at radius 1 is 1.07 bits per heavy atom. The summed E-state index contributed by atoms with van der Waals surface area (Å²) in [6.07, 6.45) is 2.66. The maximum Gasteiger partial charge on any atom is 0.242 e. The third kappa shape index (κ3) is 6.90. The molecule has 1 atom stereocenters. The van der Waals surface area contributed by atoms with Crippen LogP contribution in [-0.2, 0) is 22.6 Å². The van der Waals surface area contributed by atoms with Crippen molar-refractivity contribution in [2.24, 2.45) is 0 Å². The van der Waals surface area contributed by atoms with Crippen LogP contribution in [0.5, 0.6) is 0 Å². The first kappa shape index (κ1) is 23.0. The summed E-state index contributed by atoms with van der Waals surface area (Å²) in [4.78, 5) is 27.8. The molecule has 2 amide bonds. The van der Waals surface area contributed by atoms with Gasteiger partial charge in [0.05, 0.1) is 6.42 Å². The number of rotatable bonds is 10. The minimum Gasteiger partial charge on any atom is -0.354 e. The molecule has 0 bridgehead atoms. The summed E-state index contributed by atoms with van der Waals surface area (Å²) >= 11 is 6.26. The fourth-order valence-corrected chi connectivity index (χ4v) is 3.42. The van der Waals surface area contributed by atoms with Gasteiger partial charge in [-0.05, 0) is 37.0 Å². The molecule has 0 aliphatic carbocycles. The third-order valence-corrected chi connectivity index (χ3v) is 5.36. The number of hydrogen-bond acceptors (Lipinski definition) is 2. The van der Waals surface area contributed by atoms with E-state index < -0.39 is 6.04 Å². The Labute approximate surface area is 179 Å². The predicted molar refractivity (Wildman–Crippen MR) is 119 cm³/mol. The van der Waals surface area contributed by atoms with Gasteiger partial charge in [0.15, 0.2) is 0 Å². The Kier molecular flexibility index (Phi) is 9.20. The maximum absolute atomic E-state index is 13.3. The Balaban J connectivity index is 2.25. The summed E-state index contributed by atoms with van der Waals surface area (Å²) < 4.78 is 0. The molecule has 0 aliphatic heterocycles. The molecule has 0 spiro atoms. The second-order valence-corrected chi connectivity index (χ2v) is 7.75. The van der Waals surface area contributed by atoms with Crippen LogP contribution in [0.3, 0.4) is 0 Å². The average molecular weight is 415 g/mol. The maximum atomic E-state index is 13.3. The topological polar surface area (TPSA) is 49.4 Å². The van der Waals surface area contributed by atoms with Gasteiger partial charge in [-0.2, -0.15) is 0 Å². The monoisotopic (exact) mass is 414 g/mol. The van der Waals surface area contributed by atoms with Crippen molar-refractivity contribution in [2.75, 3.05) is 6.54 Å². The van der Waals surface area contributed by atoms with Crippen LogP contribution < -0.4 is 5.32 Å². The van der Waals surface area contributed by atoms with Crippen molar-refractivity contribution in [2.45, 2.75) is 59.0 Å². The van der Waals surface area contributed by atoms with Gasteiger partial charge in [-0.1, -0.05) is 79.9 Å². The van der Waals surface area contributed by atoms with Crippen molar-refractivity contribution in [1.29, 1.82) is 0 Å². The van der Waals surface area contributed by atoms with Crippen LogP contribution in [0.2, 0.25) is 5.02 Å². The van der Waals surface area contributed by atoms with E-state index in [4.69, 9.17) is 11.6 Å². The van der Waals surface area contributed by atoms with Gasteiger partial charge in [0.1, 0.15) is 6.04 Å². The van der Waals surface area contributed by atoms with E-state index >= 15 is 0 Å². The largest absolute Gasteiger partial charge is 0.354 e. The molecule has 2 aromatic carbocycles. The number of nitrogens with one attached hydrogen (secondary N) is 1. The van der Waals surface area contributed by atoms with Crippen LogP contribution in [0.25, 0.3) is 0 Å². The zero-order chi connectivity index (χ0) is 21.2. The van der Waals surface area contributed by atoms with E-state index in [0.29, 0.717) is 24.5 Å². The number of nitrogens with zero attached hydrogens (tertiary/aromatic N) is 1. The van der Waals surface area contributed by atoms with Gasteiger partial charge in [-0.3, -0.25) is 9.59 Å². The molecule has 0 aliphatic rings. The minimum atomic E-state index is -0.511. The first-order chi connectivity index (χ1) is 14.0. The number of halogens is 1. The smallest absolute Gasteiger partial charge is 0.242 e. The molecular weight excluding hydrogens is 384 g/mol. The number of carbonyl (C=O) groups excluding carboxylic acids is 2. The van der Waals surface area contributed by atoms with Gasteiger partial charge in [0.2, 0.25) is 11.8 Å². The standard InChI is InChI=1S/C24H31ClN2O2/c1-4-6-15-26-24(29)22(5-2)27(17-19-13-11-18(3)12-14-19)23(28)16-20-9-7-8-10-21(20)25/h7-14,22H,4-6,15-17H2,1-3H3,(H,26,29)/t22-/m0/s1. The normalized spacial score (nSPS) is 11.7. The number of carbonyl (C=O) groups is 2. The first-order valence-electron chi connectivity index (χ1n) is 10.3. The van der Waals surface area contributed by atoms with Crippen molar-refractivity contribution in [1.82, 2.24) is 10.2 Å². The van der Waals surface area contributed by atoms with Crippen LogP contribution in [0.15, 0.2) is 48.5 Å². The van der Waals surface area contributed by atoms with Crippen LogP contribution in [0, 0.1) is 6.92 Å². The Morgan fingerprint density at radius 2 is 1.76 bits per heavy atom. The second kappa shape index (κ2) is 11.6. The molecule has 0 saturated carbocycles. The molecule has 2 aromatic rings. The lowest BCUT2D eigenvalue weighted by Gasteiger charge is -2.31. The summed E-state index contributed by atoms with van der Waals surface area (Å²) in [6.45, 7) is 7.07. The molecular formula is C24H31ClN2O2. The average Bonchev–Trinajstić information content (AvgIpc) is 2.71. The molecule has 29 heavy (non-hydrogen) atoms. The number of unbranched alkanes of at least 4 members (excludes halogenated alkanes) is 1. The fraction of sp³-hybridized carbons (Fsp3) is 0.417. The minimum absolute atomic E-state index is 0.0967. The van der Waals surface area contributed by atoms with E-state index in [-0.39, 0.29) is 18.2 Å². The first-order valence-corrected chi connectivity index (χ1v) is 10.7. The van der Waals surface area contributed by atoms with E-state index in [1.807, 2.05) is 56.3 Å². The van der Waals surface area contributed by atoms with Gasteiger partial charge in [0, 0.05) is 18.1 Å². The van der Waals surface area contributed by atoms with Crippen LogP contribution in [0.1, 0.15) is 49.8 Å². The van der Waals surface area contributed by atoms with Crippen molar-refractivity contribution in [3.8, 4) is 0 Å². The Bertz CT molecular complexity index is 805. The van der Waals surface area contributed by atoms with Gasteiger partial charge in [-0.15, -0.1) is 0 Å². The quantitative estimate of drug-likeness (QED) is 0.561. The lowest BCUT2D eigenvalue weighted by molar-refractivity contribution is -0.140. The van der Waals surface area contributed by atoms with E-state index in [9.17, 15) is 9.59 Å². The highest BCUT2D eigenvalue weighted by Crippen LogP contribution is 2.19. The summed E-state index contributed by atoms with van der Waals surface area (Å²) in [6, 6.07) is 14.9. The number of amides is 2. The van der Waals surface area contributed by atoms with Gasteiger partial charge in [0.25, 0.3) is 0 Å². The summed E-state index contributed by atoms with van der Waals surface area (Å²) in [5, 5.41) is 3.55. The molecule has 4 nitrogen and oxygen atoms in total. The van der Waals surface area contributed by atoms with Crippen LogP contribution >= 0.6 is 11.6 Å². The highest BCUT2D eigenvalue weighted by molar-refractivity contribution is 6.31. The number of aryl methyl sites for hydroxylation is 1. The zero-order valence-electron chi connectivity index (χ0n) is 17.6. The molecule has 0 radical (unpaired) electrons. The SMILES string of the molecule is CCCCNC(=O)[C@H](CC)N(Cc1ccc(C)cc1)C(=O)Cc1ccccc1Cl. The Morgan fingerprint density at radius 3 is 2.38 bits per heavy atom. The highest BCUT2D eigenvalue weighted by atomic mass is 35.5. The molecule has 0 fully saturated rings. The van der Waals surface area contributed by atoms with E-state index in [0.717, 1.165) is 29.5 Å². The molecule has 0 unspecified atom stereocenters. The summed E-state index contributed by atoms with van der Waals surface area (Å²) in [5.41, 5.74) is 2.93. The fourth-order valence-electron chi connectivity index (χ4n) is 3.22. The van der Waals surface area contributed by atoms with Crippen LogP contribution in [0.4, 0.5) is 0 Å². The van der Waals surface area contributed by atoms with Crippen molar-refractivity contribution >= 4 is 23.4 Å². The summed E-state index contributed by atoms with van der Waals surface area (Å²) in [7, 11) is 0. The lowest BCUT2D eigenvalue weighted by Crippen LogP contribution is -2.49.